The summed E-state index contributed by atoms with van der Waals surface area (Å²) in [6.07, 6.45) is 0. The Morgan fingerprint density at radius 2 is 1.80 bits per heavy atom. The van der Waals surface area contributed by atoms with Crippen molar-refractivity contribution in [1.29, 1.82) is 0 Å². The molecule has 5 nitrogen and oxygen atoms in total. The number of anilines is 1. The first-order valence-electron chi connectivity index (χ1n) is 8.63. The molecule has 0 aliphatic carbocycles. The third-order valence-corrected chi connectivity index (χ3v) is 5.04. The van der Waals surface area contributed by atoms with Crippen LogP contribution in [0, 0.1) is 0 Å². The number of urea groups is 1. The highest BCUT2D eigenvalue weighted by Gasteiger charge is 2.54. The Hall–Kier alpha value is -2.53. The van der Waals surface area contributed by atoms with E-state index < -0.39 is 5.54 Å². The van der Waals surface area contributed by atoms with E-state index in [9.17, 15) is 4.79 Å². The van der Waals surface area contributed by atoms with Crippen molar-refractivity contribution in [3.63, 3.8) is 0 Å². The molecule has 4 rings (SSSR count). The van der Waals surface area contributed by atoms with Crippen molar-refractivity contribution in [2.45, 2.75) is 5.54 Å². The Morgan fingerprint density at radius 3 is 2.56 bits per heavy atom. The van der Waals surface area contributed by atoms with Crippen LogP contribution in [-0.2, 0) is 5.54 Å². The van der Waals surface area contributed by atoms with E-state index in [1.807, 2.05) is 66.4 Å². The van der Waals surface area contributed by atoms with E-state index in [0.29, 0.717) is 19.7 Å². The monoisotopic (exact) mass is 337 g/mol. The third-order valence-electron chi connectivity index (χ3n) is 5.04. The van der Waals surface area contributed by atoms with E-state index in [4.69, 9.17) is 4.74 Å². The topological polar surface area (TPSA) is 36.0 Å². The second-order valence-electron chi connectivity index (χ2n) is 7.00. The van der Waals surface area contributed by atoms with Crippen molar-refractivity contribution < 1.29 is 9.53 Å². The molecule has 1 fully saturated rings. The van der Waals surface area contributed by atoms with Crippen LogP contribution in [0.15, 0.2) is 54.6 Å². The Bertz CT molecular complexity index is 778. The second kappa shape index (κ2) is 6.08. The molecule has 2 aromatic carbocycles. The van der Waals surface area contributed by atoms with Gasteiger partial charge in [-0.1, -0.05) is 42.5 Å². The lowest BCUT2D eigenvalue weighted by molar-refractivity contribution is 0.192. The van der Waals surface area contributed by atoms with Crippen LogP contribution in [0.25, 0.3) is 0 Å². The van der Waals surface area contributed by atoms with Crippen molar-refractivity contribution in [2.75, 3.05) is 45.2 Å². The molecule has 1 unspecified atom stereocenters. The molecular formula is C20H23N3O2. The van der Waals surface area contributed by atoms with Gasteiger partial charge in [0.1, 0.15) is 17.9 Å². The van der Waals surface area contributed by atoms with Gasteiger partial charge in [-0.15, -0.1) is 0 Å². The van der Waals surface area contributed by atoms with Gasteiger partial charge < -0.3 is 14.5 Å². The SMILES string of the molecule is CN(C)CCN1CC2(c3ccccc3)COc3ccccc3N2C1=O. The quantitative estimate of drug-likeness (QED) is 0.861. The molecule has 1 atom stereocenters. The van der Waals surface area contributed by atoms with Crippen molar-refractivity contribution in [1.82, 2.24) is 9.80 Å². The molecule has 5 heteroatoms. The summed E-state index contributed by atoms with van der Waals surface area (Å²) in [6.45, 7) is 2.66. The number of para-hydroxylation sites is 2. The fraction of sp³-hybridized carbons (Fsp3) is 0.350. The molecule has 25 heavy (non-hydrogen) atoms. The number of nitrogens with zero attached hydrogens (tertiary/aromatic N) is 3. The molecule has 2 aliphatic rings. The van der Waals surface area contributed by atoms with E-state index in [-0.39, 0.29) is 6.03 Å². The molecular weight excluding hydrogens is 314 g/mol. The zero-order valence-corrected chi connectivity index (χ0v) is 14.7. The fourth-order valence-electron chi connectivity index (χ4n) is 3.73. The first-order valence-corrected chi connectivity index (χ1v) is 8.63. The standard InChI is InChI=1S/C20H23N3O2/c1-21(2)12-13-22-14-20(16-8-4-3-5-9-16)15-25-18-11-7-6-10-17(18)23(20)19(22)24/h3-11H,12-15H2,1-2H3. The Kier molecular flexibility index (Phi) is 3.88. The van der Waals surface area contributed by atoms with Gasteiger partial charge in [0.05, 0.1) is 12.2 Å². The molecule has 1 saturated heterocycles. The summed E-state index contributed by atoms with van der Waals surface area (Å²) in [4.78, 5) is 19.3. The lowest BCUT2D eigenvalue weighted by Gasteiger charge is -2.41. The summed E-state index contributed by atoms with van der Waals surface area (Å²) < 4.78 is 6.09. The van der Waals surface area contributed by atoms with Gasteiger partial charge >= 0.3 is 6.03 Å². The first-order chi connectivity index (χ1) is 12.1. The molecule has 0 spiro atoms. The Balaban J connectivity index is 1.79. The maximum Gasteiger partial charge on any atom is 0.325 e. The minimum absolute atomic E-state index is 0.0569. The molecule has 2 aliphatic heterocycles. The number of hydrogen-bond donors (Lipinski definition) is 0. The van der Waals surface area contributed by atoms with Crippen LogP contribution in [-0.4, -0.2) is 56.2 Å². The highest BCUT2D eigenvalue weighted by Crippen LogP contribution is 2.47. The fourth-order valence-corrected chi connectivity index (χ4v) is 3.73. The molecule has 0 radical (unpaired) electrons. The molecule has 2 aromatic rings. The van der Waals surface area contributed by atoms with Gasteiger partial charge in [0.25, 0.3) is 0 Å². The lowest BCUT2D eigenvalue weighted by Crippen LogP contribution is -2.51. The molecule has 2 amide bonds. The van der Waals surface area contributed by atoms with Crippen LogP contribution in [0.5, 0.6) is 5.75 Å². The van der Waals surface area contributed by atoms with Crippen LogP contribution in [0.4, 0.5) is 10.5 Å². The molecule has 2 heterocycles. The highest BCUT2D eigenvalue weighted by molar-refractivity contribution is 5.98. The van der Waals surface area contributed by atoms with Crippen molar-refractivity contribution in [3.8, 4) is 5.75 Å². The number of hydrogen-bond acceptors (Lipinski definition) is 3. The van der Waals surface area contributed by atoms with Gasteiger partial charge in [-0.2, -0.15) is 0 Å². The van der Waals surface area contributed by atoms with Crippen LogP contribution in [0.3, 0.4) is 0 Å². The summed E-state index contributed by atoms with van der Waals surface area (Å²) in [5.41, 5.74) is 1.50. The van der Waals surface area contributed by atoms with Crippen LogP contribution < -0.4 is 9.64 Å². The number of amides is 2. The maximum atomic E-state index is 13.3. The van der Waals surface area contributed by atoms with Gasteiger partial charge in [-0.3, -0.25) is 4.90 Å². The average molecular weight is 337 g/mol. The summed E-state index contributed by atoms with van der Waals surface area (Å²) in [5, 5.41) is 0. The number of rotatable bonds is 4. The Labute approximate surface area is 148 Å². The van der Waals surface area contributed by atoms with Crippen molar-refractivity contribution in [3.05, 3.63) is 60.2 Å². The van der Waals surface area contributed by atoms with Gasteiger partial charge in [-0.05, 0) is 31.8 Å². The third kappa shape index (κ3) is 2.55. The van der Waals surface area contributed by atoms with E-state index in [0.717, 1.165) is 23.5 Å². The molecule has 0 bridgehead atoms. The van der Waals surface area contributed by atoms with Crippen LogP contribution in [0.2, 0.25) is 0 Å². The number of carbonyl (C=O) groups excluding carboxylic acids is 1. The van der Waals surface area contributed by atoms with E-state index in [1.54, 1.807) is 0 Å². The van der Waals surface area contributed by atoms with E-state index >= 15 is 0 Å². The first kappa shape index (κ1) is 16.0. The molecule has 130 valence electrons. The summed E-state index contributed by atoms with van der Waals surface area (Å²) in [7, 11) is 4.05. The average Bonchev–Trinajstić information content (AvgIpc) is 2.94. The largest absolute Gasteiger partial charge is 0.488 e. The van der Waals surface area contributed by atoms with E-state index in [1.165, 1.54) is 0 Å². The number of benzene rings is 2. The highest BCUT2D eigenvalue weighted by atomic mass is 16.5. The number of fused-ring (bicyclic) bond motifs is 3. The molecule has 0 N–H and O–H groups in total. The number of carbonyl (C=O) groups is 1. The second-order valence-corrected chi connectivity index (χ2v) is 7.00. The minimum Gasteiger partial charge on any atom is -0.488 e. The predicted molar refractivity (Wildman–Crippen MR) is 98.1 cm³/mol. The zero-order chi connectivity index (χ0) is 17.4. The smallest absolute Gasteiger partial charge is 0.325 e. The van der Waals surface area contributed by atoms with Crippen LogP contribution >= 0.6 is 0 Å². The number of ether oxygens (including phenoxy) is 1. The predicted octanol–water partition coefficient (Wildman–Crippen LogP) is 2.78. The normalized spacial score (nSPS) is 22.0. The van der Waals surface area contributed by atoms with Gasteiger partial charge in [-0.25, -0.2) is 4.79 Å². The maximum absolute atomic E-state index is 13.3. The van der Waals surface area contributed by atoms with Gasteiger partial charge in [0, 0.05) is 13.1 Å². The summed E-state index contributed by atoms with van der Waals surface area (Å²) in [6, 6.07) is 18.1. The lowest BCUT2D eigenvalue weighted by atomic mass is 9.88. The molecule has 0 aromatic heterocycles. The number of likely N-dealkylation sites (N-methyl/N-ethyl adjacent to an activating group) is 1. The Morgan fingerprint density at radius 1 is 1.08 bits per heavy atom. The molecule has 0 saturated carbocycles. The zero-order valence-electron chi connectivity index (χ0n) is 14.7. The van der Waals surface area contributed by atoms with Crippen molar-refractivity contribution in [2.24, 2.45) is 0 Å². The van der Waals surface area contributed by atoms with Gasteiger partial charge in [0.2, 0.25) is 0 Å². The van der Waals surface area contributed by atoms with E-state index in [2.05, 4.69) is 17.0 Å². The van der Waals surface area contributed by atoms with Crippen LogP contribution in [0.1, 0.15) is 5.56 Å². The summed E-state index contributed by atoms with van der Waals surface area (Å²) in [5.74, 6) is 0.775. The summed E-state index contributed by atoms with van der Waals surface area (Å²) >= 11 is 0. The minimum atomic E-state index is -0.473. The van der Waals surface area contributed by atoms with Crippen molar-refractivity contribution >= 4 is 11.7 Å². The van der Waals surface area contributed by atoms with Gasteiger partial charge in [0.15, 0.2) is 0 Å².